The van der Waals surface area contributed by atoms with E-state index >= 15 is 0 Å². The van der Waals surface area contributed by atoms with Crippen molar-refractivity contribution in [3.63, 3.8) is 0 Å². The summed E-state index contributed by atoms with van der Waals surface area (Å²) in [4.78, 5) is 14.7. The highest BCUT2D eigenvalue weighted by atomic mass is 31.2. The molecule has 0 heterocycles. The molecule has 0 saturated carbocycles. The Morgan fingerprint density at radius 2 is 1.15 bits per heavy atom. The highest BCUT2D eigenvalue weighted by molar-refractivity contribution is 7.97. The standard InChI is InChI=1S/C43H42NO2P/c1-6-46-39-29-38-37(42(2,3)26-27-43(38,4)5)28-36(39)31-22-24-32(25-23-31)41(45)40(30-44)47(33-16-10-7-11-17-33,34-18-12-8-13-19-34)35-20-14-9-15-21-35/h7-25,28-29H,6,26-27H2,1-5H3. The fourth-order valence-electron chi connectivity index (χ4n) is 7.10. The first kappa shape index (κ1) is 32.3. The molecule has 5 aromatic rings. The molecule has 0 N–H and O–H groups in total. The van der Waals surface area contributed by atoms with Crippen molar-refractivity contribution in [2.24, 2.45) is 0 Å². The topological polar surface area (TPSA) is 50.1 Å². The Bertz CT molecular complexity index is 1900. The van der Waals surface area contributed by atoms with Crippen LogP contribution in [0.5, 0.6) is 5.75 Å². The van der Waals surface area contributed by atoms with Gasteiger partial charge in [0.15, 0.2) is 0 Å². The summed E-state index contributed by atoms with van der Waals surface area (Å²) in [7, 11) is 0. The van der Waals surface area contributed by atoms with Crippen molar-refractivity contribution in [3.05, 3.63) is 144 Å². The number of carbonyl (C=O) groups excluding carboxylic acids is 1. The lowest BCUT2D eigenvalue weighted by Crippen LogP contribution is -2.34. The maximum absolute atomic E-state index is 14.7. The van der Waals surface area contributed by atoms with Gasteiger partial charge in [0.05, 0.1) is 6.61 Å². The molecule has 1 aliphatic rings. The smallest absolute Gasteiger partial charge is 0.204 e. The Hall–Kier alpha value is -4.64. The van der Waals surface area contributed by atoms with Crippen LogP contribution in [0.25, 0.3) is 11.1 Å². The number of hydrogen-bond donors (Lipinski definition) is 0. The van der Waals surface area contributed by atoms with E-state index < -0.39 is 6.89 Å². The molecular weight excluding hydrogens is 593 g/mol. The Morgan fingerprint density at radius 3 is 1.57 bits per heavy atom. The summed E-state index contributed by atoms with van der Waals surface area (Å²) in [5.74, 6) is 0.616. The van der Waals surface area contributed by atoms with Crippen LogP contribution in [0.4, 0.5) is 0 Å². The molecule has 0 saturated heterocycles. The van der Waals surface area contributed by atoms with Crippen molar-refractivity contribution in [2.75, 3.05) is 6.61 Å². The first-order chi connectivity index (χ1) is 22.6. The summed E-state index contributed by atoms with van der Waals surface area (Å²) in [6.07, 6.45) is 2.25. The van der Waals surface area contributed by atoms with Gasteiger partial charge in [-0.2, -0.15) is 5.26 Å². The molecule has 47 heavy (non-hydrogen) atoms. The van der Waals surface area contributed by atoms with E-state index in [1.807, 2.05) is 85.8 Å². The van der Waals surface area contributed by atoms with Gasteiger partial charge in [0, 0.05) is 11.1 Å². The molecule has 0 fully saturated rings. The van der Waals surface area contributed by atoms with Gasteiger partial charge in [-0.05, 0) is 82.2 Å². The van der Waals surface area contributed by atoms with Gasteiger partial charge in [0.25, 0.3) is 0 Å². The molecule has 0 amide bonds. The molecule has 0 spiro atoms. The van der Waals surface area contributed by atoms with Gasteiger partial charge in [0.2, 0.25) is 5.78 Å². The zero-order chi connectivity index (χ0) is 33.2. The average molecular weight is 636 g/mol. The molecule has 0 bridgehead atoms. The molecule has 236 valence electrons. The summed E-state index contributed by atoms with van der Waals surface area (Å²) in [6, 6.07) is 44.9. The third kappa shape index (κ3) is 5.77. The Kier molecular flexibility index (Phi) is 8.84. The van der Waals surface area contributed by atoms with Gasteiger partial charge in [-0.15, -0.1) is 0 Å². The first-order valence-electron chi connectivity index (χ1n) is 16.4. The molecular formula is C43H42NO2P. The molecule has 0 radical (unpaired) electrons. The van der Waals surface area contributed by atoms with E-state index in [1.54, 1.807) is 0 Å². The second kappa shape index (κ2) is 12.9. The van der Waals surface area contributed by atoms with Crippen molar-refractivity contribution in [1.82, 2.24) is 0 Å². The van der Waals surface area contributed by atoms with Gasteiger partial charge in [-0.3, -0.25) is 4.79 Å². The number of benzene rings is 5. The minimum Gasteiger partial charge on any atom is -0.493 e. The van der Waals surface area contributed by atoms with Crippen LogP contribution in [0.1, 0.15) is 68.9 Å². The normalized spacial score (nSPS) is 14.8. The lowest BCUT2D eigenvalue weighted by molar-refractivity contribution is 0.106. The van der Waals surface area contributed by atoms with Gasteiger partial charge < -0.3 is 4.74 Å². The van der Waals surface area contributed by atoms with Crippen molar-refractivity contribution < 1.29 is 9.53 Å². The summed E-state index contributed by atoms with van der Waals surface area (Å²) in [6.45, 7) is 9.05. The number of nitriles is 1. The molecule has 0 atom stereocenters. The van der Waals surface area contributed by atoms with E-state index in [0.717, 1.165) is 45.6 Å². The minimum atomic E-state index is -2.83. The molecule has 6 rings (SSSR count). The highest BCUT2D eigenvalue weighted by Crippen LogP contribution is 2.50. The molecule has 3 nitrogen and oxygen atoms in total. The third-order valence-corrected chi connectivity index (χ3v) is 14.0. The molecule has 4 heteroatoms. The SMILES string of the molecule is CCOc1cc2c(cc1-c1ccc(C(=O)C(C#N)=P(c3ccccc3)(c3ccccc3)c3ccccc3)cc1)C(C)(C)CCC2(C)C. The monoisotopic (exact) mass is 635 g/mol. The Balaban J connectivity index is 1.54. The van der Waals surface area contributed by atoms with Gasteiger partial charge in [-0.1, -0.05) is 143 Å². The van der Waals surface area contributed by atoms with E-state index in [0.29, 0.717) is 12.2 Å². The number of ketones is 1. The predicted octanol–water partition coefficient (Wildman–Crippen LogP) is 8.97. The van der Waals surface area contributed by atoms with Crippen LogP contribution in [-0.2, 0) is 10.8 Å². The summed E-state index contributed by atoms with van der Waals surface area (Å²) in [5.41, 5.74) is 5.34. The zero-order valence-corrected chi connectivity index (χ0v) is 28.9. The fraction of sp³-hybridized carbons (Fsp3) is 0.233. The number of carbonyl (C=O) groups is 1. The van der Waals surface area contributed by atoms with E-state index in [9.17, 15) is 10.1 Å². The van der Waals surface area contributed by atoms with Crippen LogP contribution < -0.4 is 20.7 Å². The fourth-order valence-corrected chi connectivity index (χ4v) is 11.2. The third-order valence-electron chi connectivity index (χ3n) is 9.80. The number of Topliss-reactive ketones (excluding diaryl/α,β-unsaturated/α-hetero) is 1. The number of hydrogen-bond acceptors (Lipinski definition) is 3. The van der Waals surface area contributed by atoms with Crippen molar-refractivity contribution in [2.45, 2.75) is 58.3 Å². The molecule has 0 aliphatic heterocycles. The van der Waals surface area contributed by atoms with Crippen LogP contribution in [0, 0.1) is 11.3 Å². The van der Waals surface area contributed by atoms with Crippen LogP contribution in [0.3, 0.4) is 0 Å². The highest BCUT2D eigenvalue weighted by Gasteiger charge is 2.38. The largest absolute Gasteiger partial charge is 0.493 e. The van der Waals surface area contributed by atoms with Gasteiger partial charge >= 0.3 is 0 Å². The quantitative estimate of drug-likeness (QED) is 0.126. The first-order valence-corrected chi connectivity index (χ1v) is 18.2. The molecule has 0 unspecified atom stereocenters. The Morgan fingerprint density at radius 1 is 0.702 bits per heavy atom. The van der Waals surface area contributed by atoms with Gasteiger partial charge in [0.1, 0.15) is 17.1 Å². The van der Waals surface area contributed by atoms with Crippen LogP contribution in [0.2, 0.25) is 0 Å². The summed E-state index contributed by atoms with van der Waals surface area (Å²) in [5, 5.41) is 14.1. The summed E-state index contributed by atoms with van der Waals surface area (Å²) >= 11 is 0. The van der Waals surface area contributed by atoms with Crippen LogP contribution in [0.15, 0.2) is 127 Å². The second-order valence-corrected chi connectivity index (χ2v) is 17.0. The Labute approximate surface area is 279 Å². The minimum absolute atomic E-state index is 0.0518. The lowest BCUT2D eigenvalue weighted by Gasteiger charge is -2.42. The number of fused-ring (bicyclic) bond motifs is 1. The van der Waals surface area contributed by atoms with Crippen LogP contribution in [-0.4, -0.2) is 17.7 Å². The van der Waals surface area contributed by atoms with E-state index in [2.05, 4.69) is 82.3 Å². The molecule has 5 aromatic carbocycles. The van der Waals surface area contributed by atoms with Crippen molar-refractivity contribution in [1.29, 1.82) is 5.26 Å². The van der Waals surface area contributed by atoms with E-state index in [1.165, 1.54) is 11.1 Å². The maximum Gasteiger partial charge on any atom is 0.204 e. The van der Waals surface area contributed by atoms with E-state index in [-0.39, 0.29) is 21.9 Å². The maximum atomic E-state index is 14.7. The average Bonchev–Trinajstić information content (AvgIpc) is 3.10. The number of rotatable bonds is 8. The van der Waals surface area contributed by atoms with Gasteiger partial charge in [-0.25, -0.2) is 0 Å². The predicted molar refractivity (Wildman–Crippen MR) is 198 cm³/mol. The summed E-state index contributed by atoms with van der Waals surface area (Å²) < 4.78 is 6.23. The lowest BCUT2D eigenvalue weighted by atomic mass is 9.62. The number of nitrogens with zero attached hydrogens (tertiary/aromatic N) is 1. The number of ether oxygens (including phenoxy) is 1. The zero-order valence-electron chi connectivity index (χ0n) is 28.0. The molecule has 0 aromatic heterocycles. The van der Waals surface area contributed by atoms with Crippen LogP contribution >= 0.6 is 6.89 Å². The van der Waals surface area contributed by atoms with E-state index in [4.69, 9.17) is 4.74 Å². The van der Waals surface area contributed by atoms with Crippen molar-refractivity contribution in [3.8, 4) is 22.9 Å². The second-order valence-electron chi connectivity index (χ2n) is 13.6. The van der Waals surface area contributed by atoms with Crippen molar-refractivity contribution >= 4 is 33.9 Å². The molecule has 1 aliphatic carbocycles.